The van der Waals surface area contributed by atoms with E-state index in [2.05, 4.69) is 5.32 Å². The number of ether oxygens (including phenoxy) is 1. The van der Waals surface area contributed by atoms with Gasteiger partial charge in [-0.1, -0.05) is 60.2 Å². The normalized spacial score (nSPS) is 12.2. The maximum absolute atomic E-state index is 14.2. The molecule has 11 nitrogen and oxygen atoms in total. The highest BCUT2D eigenvalue weighted by atomic mass is 32.2. The Bertz CT molecular complexity index is 1550. The molecule has 0 fully saturated rings. The molecule has 0 aliphatic heterocycles. The van der Waals surface area contributed by atoms with E-state index in [1.807, 2.05) is 82.3 Å². The van der Waals surface area contributed by atoms with Gasteiger partial charge in [-0.05, 0) is 44.9 Å². The molecule has 3 aromatic rings. The zero-order chi connectivity index (χ0) is 31.9. The third-order valence-electron chi connectivity index (χ3n) is 6.56. The molecule has 0 spiro atoms. The molecule has 0 radical (unpaired) electrons. The van der Waals surface area contributed by atoms with E-state index in [0.717, 1.165) is 33.3 Å². The molecule has 0 aliphatic carbocycles. The maximum Gasteiger partial charge on any atom is 0.271 e. The number of sulfonamides is 1. The number of amides is 2. The lowest BCUT2D eigenvalue weighted by Crippen LogP contribution is -2.56. The minimum atomic E-state index is -4.15. The summed E-state index contributed by atoms with van der Waals surface area (Å²) in [5.74, 6) is -1.06. The average molecular weight is 611 g/mol. The van der Waals surface area contributed by atoms with Crippen molar-refractivity contribution >= 4 is 33.2 Å². The van der Waals surface area contributed by atoms with Gasteiger partial charge >= 0.3 is 0 Å². The van der Waals surface area contributed by atoms with Crippen LogP contribution in [0.1, 0.15) is 37.5 Å². The lowest BCUT2D eigenvalue weighted by Gasteiger charge is -2.35. The monoisotopic (exact) mass is 610 g/mol. The molecule has 0 unspecified atom stereocenters. The van der Waals surface area contributed by atoms with Gasteiger partial charge in [0, 0.05) is 30.6 Å². The number of rotatable bonds is 12. The lowest BCUT2D eigenvalue weighted by atomic mass is 10.0. The van der Waals surface area contributed by atoms with Crippen LogP contribution in [0, 0.1) is 17.0 Å². The SMILES string of the molecule is COc1ccc([N+](=O)[O-])cc1N(CC(=O)N(Cc1ccc(C)cc1)[C@@H](Cc1ccccc1)C(=O)NC(C)(C)C)S(C)(=O)=O. The molecule has 12 heteroatoms. The first-order valence-electron chi connectivity index (χ1n) is 13.6. The summed E-state index contributed by atoms with van der Waals surface area (Å²) in [6.07, 6.45) is 1.07. The van der Waals surface area contributed by atoms with Crippen molar-refractivity contribution in [2.24, 2.45) is 0 Å². The first-order chi connectivity index (χ1) is 20.1. The Morgan fingerprint density at radius 1 is 1.00 bits per heavy atom. The number of anilines is 1. The van der Waals surface area contributed by atoms with Gasteiger partial charge in [-0.15, -0.1) is 0 Å². The highest BCUT2D eigenvalue weighted by molar-refractivity contribution is 7.92. The number of benzene rings is 3. The van der Waals surface area contributed by atoms with Crippen LogP contribution in [0.4, 0.5) is 11.4 Å². The summed E-state index contributed by atoms with van der Waals surface area (Å²) in [6.45, 7) is 6.70. The van der Waals surface area contributed by atoms with Crippen molar-refractivity contribution in [2.45, 2.75) is 52.2 Å². The number of carbonyl (C=O) groups excluding carboxylic acids is 2. The Balaban J connectivity index is 2.14. The van der Waals surface area contributed by atoms with E-state index >= 15 is 0 Å². The fourth-order valence-electron chi connectivity index (χ4n) is 4.48. The van der Waals surface area contributed by atoms with Crippen molar-refractivity contribution in [2.75, 3.05) is 24.2 Å². The summed E-state index contributed by atoms with van der Waals surface area (Å²) in [7, 11) is -2.86. The number of methoxy groups -OCH3 is 1. The highest BCUT2D eigenvalue weighted by Gasteiger charge is 2.35. The average Bonchev–Trinajstić information content (AvgIpc) is 2.93. The fraction of sp³-hybridized carbons (Fsp3) is 0.355. The van der Waals surface area contributed by atoms with E-state index < -0.39 is 44.9 Å². The fourth-order valence-corrected chi connectivity index (χ4v) is 5.32. The van der Waals surface area contributed by atoms with Gasteiger partial charge in [-0.3, -0.25) is 24.0 Å². The molecule has 1 N–H and O–H groups in total. The number of hydrogen-bond donors (Lipinski definition) is 1. The van der Waals surface area contributed by atoms with E-state index in [1.54, 1.807) is 0 Å². The third kappa shape index (κ3) is 9.27. The van der Waals surface area contributed by atoms with Crippen LogP contribution in [0.5, 0.6) is 5.75 Å². The quantitative estimate of drug-likeness (QED) is 0.239. The highest BCUT2D eigenvalue weighted by Crippen LogP contribution is 2.34. The molecule has 3 rings (SSSR count). The molecule has 3 aromatic carbocycles. The summed E-state index contributed by atoms with van der Waals surface area (Å²) in [4.78, 5) is 40.2. The Morgan fingerprint density at radius 3 is 2.16 bits per heavy atom. The van der Waals surface area contributed by atoms with Gasteiger partial charge in [0.25, 0.3) is 5.69 Å². The Morgan fingerprint density at radius 2 is 1.63 bits per heavy atom. The molecule has 0 heterocycles. The van der Waals surface area contributed by atoms with Gasteiger partial charge in [0.1, 0.15) is 24.0 Å². The summed E-state index contributed by atoms with van der Waals surface area (Å²) in [5, 5.41) is 14.5. The molecule has 0 bridgehead atoms. The van der Waals surface area contributed by atoms with Crippen molar-refractivity contribution in [3.05, 3.63) is 99.6 Å². The molecular weight excluding hydrogens is 572 g/mol. The van der Waals surface area contributed by atoms with Crippen LogP contribution in [0.3, 0.4) is 0 Å². The molecule has 0 aromatic heterocycles. The Hall–Kier alpha value is -4.45. The van der Waals surface area contributed by atoms with Crippen LogP contribution >= 0.6 is 0 Å². The van der Waals surface area contributed by atoms with E-state index in [1.165, 1.54) is 24.1 Å². The van der Waals surface area contributed by atoms with Crippen LogP contribution in [-0.4, -0.2) is 61.5 Å². The van der Waals surface area contributed by atoms with Crippen LogP contribution in [0.25, 0.3) is 0 Å². The number of nitro benzene ring substituents is 1. The zero-order valence-corrected chi connectivity index (χ0v) is 26.1. The first-order valence-corrected chi connectivity index (χ1v) is 15.4. The molecule has 2 amide bonds. The Labute approximate surface area is 252 Å². The second-order valence-electron chi connectivity index (χ2n) is 11.3. The second kappa shape index (κ2) is 13.7. The van der Waals surface area contributed by atoms with Crippen LogP contribution < -0.4 is 14.4 Å². The van der Waals surface area contributed by atoms with Crippen molar-refractivity contribution in [1.29, 1.82) is 0 Å². The van der Waals surface area contributed by atoms with E-state index in [4.69, 9.17) is 4.74 Å². The molecule has 0 saturated heterocycles. The second-order valence-corrected chi connectivity index (χ2v) is 13.2. The summed E-state index contributed by atoms with van der Waals surface area (Å²) < 4.78 is 32.2. The Kier molecular flexibility index (Phi) is 10.5. The van der Waals surface area contributed by atoms with Crippen molar-refractivity contribution in [1.82, 2.24) is 10.2 Å². The van der Waals surface area contributed by atoms with Gasteiger partial charge in [-0.2, -0.15) is 0 Å². The third-order valence-corrected chi connectivity index (χ3v) is 7.69. The minimum Gasteiger partial charge on any atom is -0.495 e. The molecular formula is C31H38N4O7S. The number of nitrogens with one attached hydrogen (secondary N) is 1. The standard InChI is InChI=1S/C31H38N4O7S/c1-22-12-14-24(15-13-22)20-33(27(30(37)32-31(2,3)4)18-23-10-8-7-9-11-23)29(36)21-34(43(6,40)41)26-19-25(35(38)39)16-17-28(26)42-5/h7-17,19,27H,18,20-21H2,1-6H3,(H,32,37)/t27-/m0/s1. The number of nitrogens with zero attached hydrogens (tertiary/aromatic N) is 3. The van der Waals surface area contributed by atoms with Crippen molar-refractivity contribution in [3.63, 3.8) is 0 Å². The number of hydrogen-bond acceptors (Lipinski definition) is 7. The van der Waals surface area contributed by atoms with E-state index in [9.17, 15) is 28.1 Å². The predicted octanol–water partition coefficient (Wildman–Crippen LogP) is 4.23. The van der Waals surface area contributed by atoms with Gasteiger partial charge in [0.15, 0.2) is 0 Å². The van der Waals surface area contributed by atoms with Gasteiger partial charge in [0.2, 0.25) is 21.8 Å². The van der Waals surface area contributed by atoms with E-state index in [0.29, 0.717) is 0 Å². The lowest BCUT2D eigenvalue weighted by molar-refractivity contribution is -0.384. The van der Waals surface area contributed by atoms with E-state index in [-0.39, 0.29) is 30.1 Å². The zero-order valence-electron chi connectivity index (χ0n) is 25.2. The molecule has 1 atom stereocenters. The van der Waals surface area contributed by atoms with Crippen LogP contribution in [0.2, 0.25) is 0 Å². The molecule has 230 valence electrons. The van der Waals surface area contributed by atoms with Gasteiger partial charge in [-0.25, -0.2) is 8.42 Å². The van der Waals surface area contributed by atoms with Gasteiger partial charge < -0.3 is 15.0 Å². The predicted molar refractivity (Wildman–Crippen MR) is 165 cm³/mol. The summed E-state index contributed by atoms with van der Waals surface area (Å²) in [6, 6.07) is 19.2. The number of aryl methyl sites for hydroxylation is 1. The topological polar surface area (TPSA) is 139 Å². The van der Waals surface area contributed by atoms with Crippen molar-refractivity contribution < 1.29 is 27.7 Å². The summed E-state index contributed by atoms with van der Waals surface area (Å²) in [5.41, 5.74) is 1.40. The van der Waals surface area contributed by atoms with Crippen LogP contribution in [-0.2, 0) is 32.6 Å². The number of carbonyl (C=O) groups is 2. The number of nitro groups is 1. The first kappa shape index (κ1) is 33.1. The number of non-ortho nitro benzene ring substituents is 1. The van der Waals surface area contributed by atoms with Crippen molar-refractivity contribution in [3.8, 4) is 5.75 Å². The minimum absolute atomic E-state index is 0.0118. The van der Waals surface area contributed by atoms with Gasteiger partial charge in [0.05, 0.1) is 18.3 Å². The summed E-state index contributed by atoms with van der Waals surface area (Å²) >= 11 is 0. The molecule has 0 saturated carbocycles. The largest absolute Gasteiger partial charge is 0.495 e. The molecule has 43 heavy (non-hydrogen) atoms. The molecule has 0 aliphatic rings. The maximum atomic E-state index is 14.2. The van der Waals surface area contributed by atoms with Crippen LogP contribution in [0.15, 0.2) is 72.8 Å². The smallest absolute Gasteiger partial charge is 0.271 e.